The number of aliphatic hydroxyl groups excluding tert-OH is 1. The molecule has 0 unspecified atom stereocenters. The van der Waals surface area contributed by atoms with Crippen molar-refractivity contribution in [2.45, 2.75) is 31.9 Å². The molecule has 0 spiro atoms. The molecule has 0 fully saturated rings. The first-order valence-electron chi connectivity index (χ1n) is 7.69. The first kappa shape index (κ1) is 18.4. The number of nitro benzene ring substituents is 1. The van der Waals surface area contributed by atoms with Gasteiger partial charge < -0.3 is 10.4 Å². The molecular formula is C18H21ClN2O3. The van der Waals surface area contributed by atoms with Crippen LogP contribution in [0.5, 0.6) is 0 Å². The van der Waals surface area contributed by atoms with Gasteiger partial charge in [-0.05, 0) is 43.5 Å². The Bertz CT molecular complexity index is 702. The highest BCUT2D eigenvalue weighted by Gasteiger charge is 2.20. The van der Waals surface area contributed by atoms with Gasteiger partial charge in [-0.15, -0.1) is 0 Å². The van der Waals surface area contributed by atoms with E-state index in [1.807, 2.05) is 26.0 Å². The van der Waals surface area contributed by atoms with E-state index in [0.29, 0.717) is 18.0 Å². The van der Waals surface area contributed by atoms with Gasteiger partial charge in [-0.25, -0.2) is 0 Å². The van der Waals surface area contributed by atoms with Gasteiger partial charge in [0.1, 0.15) is 0 Å². The van der Waals surface area contributed by atoms with Crippen molar-refractivity contribution in [3.8, 4) is 0 Å². The minimum Gasteiger partial charge on any atom is -0.387 e. The number of nitrogens with one attached hydrogen (secondary N) is 1. The fraction of sp³-hybridized carbons (Fsp3) is 0.333. The first-order valence-corrected chi connectivity index (χ1v) is 8.06. The molecule has 0 aliphatic carbocycles. The van der Waals surface area contributed by atoms with Crippen LogP contribution >= 0.6 is 11.6 Å². The molecule has 0 heterocycles. The quantitative estimate of drug-likeness (QED) is 0.588. The molecule has 0 aliphatic heterocycles. The lowest BCUT2D eigenvalue weighted by Gasteiger charge is -2.28. The first-order chi connectivity index (χ1) is 11.3. The van der Waals surface area contributed by atoms with Gasteiger partial charge in [-0.3, -0.25) is 10.1 Å². The average molecular weight is 349 g/mol. The maximum atomic E-state index is 10.7. The van der Waals surface area contributed by atoms with Crippen molar-refractivity contribution >= 4 is 17.3 Å². The van der Waals surface area contributed by atoms with Crippen LogP contribution in [0, 0.1) is 10.1 Å². The Labute approximate surface area is 146 Å². The molecule has 24 heavy (non-hydrogen) atoms. The van der Waals surface area contributed by atoms with Crippen molar-refractivity contribution < 1.29 is 10.0 Å². The van der Waals surface area contributed by atoms with Gasteiger partial charge in [0.05, 0.1) is 11.0 Å². The Hall–Kier alpha value is -1.95. The minimum atomic E-state index is -0.653. The van der Waals surface area contributed by atoms with Gasteiger partial charge in [0.25, 0.3) is 5.69 Å². The highest BCUT2D eigenvalue weighted by Crippen LogP contribution is 2.20. The number of non-ortho nitro benzene ring substituents is 1. The van der Waals surface area contributed by atoms with Crippen LogP contribution in [-0.2, 0) is 6.42 Å². The highest BCUT2D eigenvalue weighted by molar-refractivity contribution is 6.30. The number of benzene rings is 2. The van der Waals surface area contributed by atoms with E-state index in [-0.39, 0.29) is 11.2 Å². The standard InChI is InChI=1S/C18H21ClN2O3/c1-18(2,11-13-6-8-16(9-7-13)21(23)24)20-12-17(22)14-4-3-5-15(19)10-14/h3-10,17,20,22H,11-12H2,1-2H3/t17-/m0/s1. The maximum absolute atomic E-state index is 10.7. The predicted octanol–water partition coefficient (Wildman–Crippen LogP) is 3.89. The topological polar surface area (TPSA) is 75.4 Å². The molecule has 0 aliphatic rings. The van der Waals surface area contributed by atoms with Gasteiger partial charge in [-0.2, -0.15) is 0 Å². The Morgan fingerprint density at radius 3 is 2.50 bits per heavy atom. The van der Waals surface area contributed by atoms with E-state index in [1.54, 1.807) is 24.3 Å². The van der Waals surface area contributed by atoms with Gasteiger partial charge in [-0.1, -0.05) is 35.9 Å². The van der Waals surface area contributed by atoms with E-state index in [9.17, 15) is 15.2 Å². The summed E-state index contributed by atoms with van der Waals surface area (Å²) in [6, 6.07) is 13.7. The summed E-state index contributed by atoms with van der Waals surface area (Å²) in [5, 5.41) is 24.9. The molecule has 2 rings (SSSR count). The second-order valence-corrected chi connectivity index (χ2v) is 6.87. The molecule has 6 heteroatoms. The molecule has 5 nitrogen and oxygen atoms in total. The Balaban J connectivity index is 1.94. The fourth-order valence-corrected chi connectivity index (χ4v) is 2.71. The van der Waals surface area contributed by atoms with Crippen molar-refractivity contribution in [3.05, 3.63) is 74.8 Å². The number of hydrogen-bond acceptors (Lipinski definition) is 4. The molecule has 0 aromatic heterocycles. The Morgan fingerprint density at radius 1 is 1.25 bits per heavy atom. The van der Waals surface area contributed by atoms with Gasteiger partial charge in [0, 0.05) is 29.2 Å². The molecule has 2 aromatic carbocycles. The third kappa shape index (κ3) is 5.30. The lowest BCUT2D eigenvalue weighted by molar-refractivity contribution is -0.384. The second-order valence-electron chi connectivity index (χ2n) is 6.44. The van der Waals surface area contributed by atoms with Crippen LogP contribution in [-0.4, -0.2) is 22.1 Å². The van der Waals surface area contributed by atoms with Crippen LogP contribution in [0.1, 0.15) is 31.1 Å². The summed E-state index contributed by atoms with van der Waals surface area (Å²) in [6.07, 6.45) is 0.0348. The zero-order valence-corrected chi connectivity index (χ0v) is 14.5. The summed E-state index contributed by atoms with van der Waals surface area (Å²) in [5.74, 6) is 0. The summed E-state index contributed by atoms with van der Waals surface area (Å²) in [5.41, 5.74) is 1.58. The average Bonchev–Trinajstić information content (AvgIpc) is 2.53. The van der Waals surface area contributed by atoms with Crippen LogP contribution in [0.25, 0.3) is 0 Å². The van der Waals surface area contributed by atoms with Crippen molar-refractivity contribution in [1.82, 2.24) is 5.32 Å². The normalized spacial score (nSPS) is 12.8. The van der Waals surface area contributed by atoms with Gasteiger partial charge in [0.15, 0.2) is 0 Å². The number of rotatable bonds is 7. The summed E-state index contributed by atoms with van der Waals surface area (Å²) in [6.45, 7) is 4.44. The number of halogens is 1. The lowest BCUT2D eigenvalue weighted by Crippen LogP contribution is -2.43. The highest BCUT2D eigenvalue weighted by atomic mass is 35.5. The van der Waals surface area contributed by atoms with Crippen molar-refractivity contribution in [3.63, 3.8) is 0 Å². The zero-order valence-electron chi connectivity index (χ0n) is 13.7. The molecule has 0 saturated heterocycles. The van der Waals surface area contributed by atoms with E-state index in [4.69, 9.17) is 11.6 Å². The Kier molecular flexibility index (Phi) is 5.94. The second kappa shape index (κ2) is 7.75. The van der Waals surface area contributed by atoms with Crippen LogP contribution < -0.4 is 5.32 Å². The van der Waals surface area contributed by atoms with Crippen molar-refractivity contribution in [2.24, 2.45) is 0 Å². The SMILES string of the molecule is CC(C)(Cc1ccc([N+](=O)[O-])cc1)NC[C@H](O)c1cccc(Cl)c1. The van der Waals surface area contributed by atoms with E-state index in [0.717, 1.165) is 11.1 Å². The summed E-state index contributed by atoms with van der Waals surface area (Å²) < 4.78 is 0. The lowest BCUT2D eigenvalue weighted by atomic mass is 9.94. The molecule has 2 N–H and O–H groups in total. The molecule has 128 valence electrons. The largest absolute Gasteiger partial charge is 0.387 e. The molecule has 0 saturated carbocycles. The summed E-state index contributed by atoms with van der Waals surface area (Å²) >= 11 is 5.94. The van der Waals surface area contributed by atoms with E-state index in [2.05, 4.69) is 5.32 Å². The van der Waals surface area contributed by atoms with Crippen LogP contribution in [0.4, 0.5) is 5.69 Å². The van der Waals surface area contributed by atoms with E-state index < -0.39 is 11.0 Å². The van der Waals surface area contributed by atoms with Crippen LogP contribution in [0.15, 0.2) is 48.5 Å². The Morgan fingerprint density at radius 2 is 1.92 bits per heavy atom. The molecule has 0 radical (unpaired) electrons. The van der Waals surface area contributed by atoms with Crippen LogP contribution in [0.3, 0.4) is 0 Å². The number of β-amino-alcohol motifs (C(OH)–C–C–N with tert-alkyl or cyclic N) is 1. The van der Waals surface area contributed by atoms with Crippen molar-refractivity contribution in [1.29, 1.82) is 0 Å². The number of hydrogen-bond donors (Lipinski definition) is 2. The number of aliphatic hydroxyl groups is 1. The maximum Gasteiger partial charge on any atom is 0.269 e. The monoisotopic (exact) mass is 348 g/mol. The molecular weight excluding hydrogens is 328 g/mol. The molecule has 1 atom stereocenters. The smallest absolute Gasteiger partial charge is 0.269 e. The van der Waals surface area contributed by atoms with Crippen molar-refractivity contribution in [2.75, 3.05) is 6.54 Å². The zero-order chi connectivity index (χ0) is 17.7. The molecule has 0 amide bonds. The number of nitro groups is 1. The summed E-state index contributed by atoms with van der Waals surface area (Å²) in [4.78, 5) is 10.3. The third-order valence-corrected chi connectivity index (χ3v) is 4.04. The van der Waals surface area contributed by atoms with E-state index in [1.165, 1.54) is 12.1 Å². The third-order valence-electron chi connectivity index (χ3n) is 3.80. The fourth-order valence-electron chi connectivity index (χ4n) is 2.51. The van der Waals surface area contributed by atoms with Gasteiger partial charge in [0.2, 0.25) is 0 Å². The summed E-state index contributed by atoms with van der Waals surface area (Å²) in [7, 11) is 0. The van der Waals surface area contributed by atoms with E-state index >= 15 is 0 Å². The molecule has 2 aromatic rings. The predicted molar refractivity (Wildman–Crippen MR) is 95.3 cm³/mol. The van der Waals surface area contributed by atoms with Crippen LogP contribution in [0.2, 0.25) is 5.02 Å². The minimum absolute atomic E-state index is 0.0842. The number of nitrogens with zero attached hydrogens (tertiary/aromatic N) is 1. The molecule has 0 bridgehead atoms. The van der Waals surface area contributed by atoms with Gasteiger partial charge >= 0.3 is 0 Å².